The molecule has 0 fully saturated rings. The third-order valence-electron chi connectivity index (χ3n) is 2.22. The van der Waals surface area contributed by atoms with Gasteiger partial charge in [-0.3, -0.25) is 14.9 Å². The van der Waals surface area contributed by atoms with Crippen LogP contribution in [0.3, 0.4) is 0 Å². The van der Waals surface area contributed by atoms with Crippen LogP contribution in [0.2, 0.25) is 0 Å². The van der Waals surface area contributed by atoms with E-state index in [1.54, 1.807) is 31.2 Å². The Labute approximate surface area is 111 Å². The van der Waals surface area contributed by atoms with Crippen molar-refractivity contribution in [1.82, 2.24) is 10.6 Å². The average Bonchev–Trinajstić information content (AvgIpc) is 2.36. The Morgan fingerprint density at radius 1 is 1.21 bits per heavy atom. The first-order chi connectivity index (χ1) is 9.04. The molecule has 0 aliphatic heterocycles. The van der Waals surface area contributed by atoms with E-state index in [9.17, 15) is 14.4 Å². The molecule has 1 rings (SSSR count). The molecule has 0 aliphatic carbocycles. The Kier molecular flexibility index (Phi) is 5.53. The van der Waals surface area contributed by atoms with Crippen LogP contribution in [0.15, 0.2) is 24.3 Å². The summed E-state index contributed by atoms with van der Waals surface area (Å²) in [7, 11) is 0. The number of hydrogen-bond acceptors (Lipinski definition) is 4. The maximum Gasteiger partial charge on any atom is 0.321 e. The van der Waals surface area contributed by atoms with Crippen molar-refractivity contribution in [2.45, 2.75) is 13.8 Å². The molecule has 0 saturated carbocycles. The lowest BCUT2D eigenvalue weighted by Gasteiger charge is -2.09. The molecule has 0 aromatic heterocycles. The summed E-state index contributed by atoms with van der Waals surface area (Å²) >= 11 is 0. The quantitative estimate of drug-likeness (QED) is 0.780. The highest BCUT2D eigenvalue weighted by atomic mass is 16.5. The minimum Gasteiger partial charge on any atom is -0.483 e. The summed E-state index contributed by atoms with van der Waals surface area (Å²) in [5, 5.41) is 4.52. The molecule has 0 spiro atoms. The zero-order valence-corrected chi connectivity index (χ0v) is 10.9. The molecule has 0 aliphatic rings. The lowest BCUT2D eigenvalue weighted by Crippen LogP contribution is -2.41. The van der Waals surface area contributed by atoms with E-state index < -0.39 is 11.9 Å². The second kappa shape index (κ2) is 7.15. The number of amides is 3. The summed E-state index contributed by atoms with van der Waals surface area (Å²) in [5.74, 6) is -0.412. The molecular formula is C13H16N2O4. The van der Waals surface area contributed by atoms with Crippen LogP contribution < -0.4 is 15.4 Å². The van der Waals surface area contributed by atoms with Crippen LogP contribution in [0.1, 0.15) is 24.2 Å². The van der Waals surface area contributed by atoms with Crippen LogP contribution in [-0.4, -0.2) is 30.9 Å². The first-order valence-electron chi connectivity index (χ1n) is 5.85. The minimum atomic E-state index is -0.579. The van der Waals surface area contributed by atoms with E-state index in [-0.39, 0.29) is 12.4 Å². The fourth-order valence-corrected chi connectivity index (χ4v) is 1.39. The smallest absolute Gasteiger partial charge is 0.321 e. The zero-order valence-electron chi connectivity index (χ0n) is 10.9. The van der Waals surface area contributed by atoms with Crippen molar-refractivity contribution in [2.75, 3.05) is 13.2 Å². The average molecular weight is 264 g/mol. The van der Waals surface area contributed by atoms with Crippen LogP contribution >= 0.6 is 0 Å². The van der Waals surface area contributed by atoms with Crippen molar-refractivity contribution in [1.29, 1.82) is 0 Å². The minimum absolute atomic E-state index is 0.153. The Bertz CT molecular complexity index is 485. The van der Waals surface area contributed by atoms with Crippen LogP contribution in [0.5, 0.6) is 5.75 Å². The Morgan fingerprint density at radius 2 is 1.89 bits per heavy atom. The first kappa shape index (κ1) is 14.7. The third kappa shape index (κ3) is 4.79. The number of imide groups is 1. The summed E-state index contributed by atoms with van der Waals surface area (Å²) in [4.78, 5) is 33.8. The van der Waals surface area contributed by atoms with E-state index in [0.717, 1.165) is 0 Å². The summed E-state index contributed by atoms with van der Waals surface area (Å²) < 4.78 is 5.23. The molecular weight excluding hydrogens is 248 g/mol. The number of hydrogen-bond donors (Lipinski definition) is 2. The number of urea groups is 1. The second-order valence-corrected chi connectivity index (χ2v) is 3.75. The van der Waals surface area contributed by atoms with Crippen molar-refractivity contribution in [2.24, 2.45) is 0 Å². The molecule has 0 saturated heterocycles. The van der Waals surface area contributed by atoms with Crippen molar-refractivity contribution in [3.05, 3.63) is 29.8 Å². The van der Waals surface area contributed by atoms with Gasteiger partial charge in [0.2, 0.25) is 0 Å². The van der Waals surface area contributed by atoms with Gasteiger partial charge in [0.25, 0.3) is 5.91 Å². The molecule has 0 radical (unpaired) electrons. The number of rotatable bonds is 5. The summed E-state index contributed by atoms with van der Waals surface area (Å²) in [6.07, 6.45) is 0. The predicted octanol–water partition coefficient (Wildman–Crippen LogP) is 1.11. The van der Waals surface area contributed by atoms with Gasteiger partial charge in [-0.15, -0.1) is 0 Å². The summed E-state index contributed by atoms with van der Waals surface area (Å²) in [6.45, 7) is 3.25. The Morgan fingerprint density at radius 3 is 2.53 bits per heavy atom. The lowest BCUT2D eigenvalue weighted by molar-refractivity contribution is -0.122. The van der Waals surface area contributed by atoms with Crippen LogP contribution in [0, 0.1) is 0 Å². The number of Topliss-reactive ketones (excluding diaryl/α,β-unsaturated/α-hetero) is 1. The van der Waals surface area contributed by atoms with E-state index >= 15 is 0 Å². The largest absolute Gasteiger partial charge is 0.483 e. The summed E-state index contributed by atoms with van der Waals surface area (Å²) in [5.41, 5.74) is 0.397. The van der Waals surface area contributed by atoms with Gasteiger partial charge >= 0.3 is 6.03 Å². The van der Waals surface area contributed by atoms with Gasteiger partial charge in [-0.25, -0.2) is 4.79 Å². The van der Waals surface area contributed by atoms with E-state index in [1.165, 1.54) is 6.92 Å². The maximum absolute atomic E-state index is 11.4. The normalized spacial score (nSPS) is 9.58. The molecule has 0 bridgehead atoms. The van der Waals surface area contributed by atoms with Crippen LogP contribution in [-0.2, 0) is 4.79 Å². The molecule has 0 heterocycles. The van der Waals surface area contributed by atoms with Crippen molar-refractivity contribution >= 4 is 17.7 Å². The molecule has 1 aromatic carbocycles. The van der Waals surface area contributed by atoms with Gasteiger partial charge in [-0.2, -0.15) is 0 Å². The third-order valence-corrected chi connectivity index (χ3v) is 2.22. The van der Waals surface area contributed by atoms with E-state index in [1.807, 2.05) is 0 Å². The fourth-order valence-electron chi connectivity index (χ4n) is 1.39. The molecule has 0 unspecified atom stereocenters. The highest BCUT2D eigenvalue weighted by Crippen LogP contribution is 2.17. The second-order valence-electron chi connectivity index (χ2n) is 3.75. The number of nitrogens with one attached hydrogen (secondary N) is 2. The molecule has 6 nitrogen and oxygen atoms in total. The first-order valence-corrected chi connectivity index (χ1v) is 5.85. The topological polar surface area (TPSA) is 84.5 Å². The van der Waals surface area contributed by atoms with Gasteiger partial charge in [0, 0.05) is 6.54 Å². The zero-order chi connectivity index (χ0) is 14.3. The van der Waals surface area contributed by atoms with E-state index in [0.29, 0.717) is 17.9 Å². The monoisotopic (exact) mass is 264 g/mol. The number of ether oxygens (including phenoxy) is 1. The van der Waals surface area contributed by atoms with Crippen LogP contribution in [0.4, 0.5) is 4.79 Å². The highest BCUT2D eigenvalue weighted by Gasteiger charge is 2.11. The van der Waals surface area contributed by atoms with Gasteiger partial charge in [-0.05, 0) is 26.0 Å². The van der Waals surface area contributed by atoms with E-state index in [4.69, 9.17) is 4.74 Å². The Balaban J connectivity index is 2.55. The number of ketones is 1. The molecule has 102 valence electrons. The van der Waals surface area contributed by atoms with E-state index in [2.05, 4.69) is 10.6 Å². The SMILES string of the molecule is CCNC(=O)NC(=O)COc1ccccc1C(C)=O. The van der Waals surface area contributed by atoms with Gasteiger partial charge in [0.15, 0.2) is 12.4 Å². The lowest BCUT2D eigenvalue weighted by atomic mass is 10.1. The van der Waals surface area contributed by atoms with Crippen molar-refractivity contribution in [3.63, 3.8) is 0 Å². The molecule has 19 heavy (non-hydrogen) atoms. The standard InChI is InChI=1S/C13H16N2O4/c1-3-14-13(18)15-12(17)8-19-11-7-5-4-6-10(11)9(2)16/h4-7H,3,8H2,1-2H3,(H2,14,15,17,18). The molecule has 0 atom stereocenters. The van der Waals surface area contributed by atoms with Crippen molar-refractivity contribution < 1.29 is 19.1 Å². The number of benzene rings is 1. The van der Waals surface area contributed by atoms with Crippen LogP contribution in [0.25, 0.3) is 0 Å². The molecule has 6 heteroatoms. The van der Waals surface area contributed by atoms with Gasteiger partial charge in [0.1, 0.15) is 5.75 Å². The van der Waals surface area contributed by atoms with Gasteiger partial charge in [0.05, 0.1) is 5.56 Å². The summed E-state index contributed by atoms with van der Waals surface area (Å²) in [6, 6.07) is 6.04. The number of carbonyl (C=O) groups is 3. The number of carbonyl (C=O) groups excluding carboxylic acids is 3. The number of para-hydroxylation sites is 1. The Hall–Kier alpha value is -2.37. The van der Waals surface area contributed by atoms with Gasteiger partial charge in [-0.1, -0.05) is 12.1 Å². The van der Waals surface area contributed by atoms with Crippen molar-refractivity contribution in [3.8, 4) is 5.75 Å². The molecule has 3 amide bonds. The molecule has 1 aromatic rings. The predicted molar refractivity (Wildman–Crippen MR) is 69.2 cm³/mol. The highest BCUT2D eigenvalue weighted by molar-refractivity contribution is 5.97. The van der Waals surface area contributed by atoms with Gasteiger partial charge < -0.3 is 10.1 Å². The maximum atomic E-state index is 11.4. The molecule has 2 N–H and O–H groups in total. The fraction of sp³-hybridized carbons (Fsp3) is 0.308.